The van der Waals surface area contributed by atoms with Gasteiger partial charge in [-0.05, 0) is 42.3 Å². The molecule has 0 atom stereocenters. The zero-order chi connectivity index (χ0) is 19.3. The lowest BCUT2D eigenvalue weighted by Gasteiger charge is -2.12. The Balaban J connectivity index is 2.28. The second-order valence-electron chi connectivity index (χ2n) is 5.35. The minimum absolute atomic E-state index is 0.117. The number of nitrogens with one attached hydrogen (secondary N) is 1. The second-order valence-corrected chi connectivity index (χ2v) is 5.76. The summed E-state index contributed by atoms with van der Waals surface area (Å²) in [6.45, 7) is 1.78. The average Bonchev–Trinajstić information content (AvgIpc) is 2.62. The Kier molecular flexibility index (Phi) is 5.99. The molecule has 2 N–H and O–H groups in total. The van der Waals surface area contributed by atoms with Crippen LogP contribution in [0, 0.1) is 18.3 Å². The summed E-state index contributed by atoms with van der Waals surface area (Å²) in [7, 11) is 1.45. The molecule has 0 bridgehead atoms. The molecule has 0 spiro atoms. The monoisotopic (exact) mass is 370 g/mol. The van der Waals surface area contributed by atoms with Crippen LogP contribution in [0.25, 0.3) is 6.08 Å². The average molecular weight is 371 g/mol. The third kappa shape index (κ3) is 4.41. The van der Waals surface area contributed by atoms with Crippen molar-refractivity contribution in [3.8, 4) is 11.8 Å². The van der Waals surface area contributed by atoms with Crippen LogP contribution in [-0.2, 0) is 4.79 Å². The molecule has 0 aliphatic carbocycles. The molecular formula is C19H15ClN2O4. The van der Waals surface area contributed by atoms with Crippen LogP contribution in [-0.4, -0.2) is 24.1 Å². The summed E-state index contributed by atoms with van der Waals surface area (Å²) in [5.41, 5.74) is 1.64. The summed E-state index contributed by atoms with van der Waals surface area (Å²) >= 11 is 6.04. The Labute approximate surface area is 155 Å². The van der Waals surface area contributed by atoms with Gasteiger partial charge in [0.25, 0.3) is 5.91 Å². The number of hydrogen-bond acceptors (Lipinski definition) is 4. The van der Waals surface area contributed by atoms with E-state index < -0.39 is 11.9 Å². The second kappa shape index (κ2) is 8.19. The Bertz CT molecular complexity index is 928. The molecule has 0 heterocycles. The summed E-state index contributed by atoms with van der Waals surface area (Å²) in [6.07, 6.45) is 1.37. The molecule has 0 saturated heterocycles. The van der Waals surface area contributed by atoms with Crippen molar-refractivity contribution in [2.45, 2.75) is 6.92 Å². The molecular weight excluding hydrogens is 356 g/mol. The molecule has 1 amide bonds. The highest BCUT2D eigenvalue weighted by Gasteiger charge is 2.14. The predicted octanol–water partition coefficient (Wildman–Crippen LogP) is 3.90. The van der Waals surface area contributed by atoms with Crippen LogP contribution in [0.5, 0.6) is 5.75 Å². The van der Waals surface area contributed by atoms with Crippen molar-refractivity contribution in [3.05, 3.63) is 63.7 Å². The topological polar surface area (TPSA) is 99.4 Å². The van der Waals surface area contributed by atoms with E-state index in [1.54, 1.807) is 19.1 Å². The highest BCUT2D eigenvalue weighted by molar-refractivity contribution is 6.31. The Morgan fingerprint density at radius 1 is 1.27 bits per heavy atom. The molecule has 26 heavy (non-hydrogen) atoms. The number of ether oxygens (including phenoxy) is 1. The molecule has 132 valence electrons. The van der Waals surface area contributed by atoms with Crippen LogP contribution in [0.2, 0.25) is 5.02 Å². The highest BCUT2D eigenvalue weighted by atomic mass is 35.5. The van der Waals surface area contributed by atoms with Crippen molar-refractivity contribution < 1.29 is 19.4 Å². The van der Waals surface area contributed by atoms with Crippen molar-refractivity contribution in [3.63, 3.8) is 0 Å². The fourth-order valence-electron chi connectivity index (χ4n) is 2.16. The van der Waals surface area contributed by atoms with Gasteiger partial charge < -0.3 is 15.2 Å². The number of carbonyl (C=O) groups is 2. The Morgan fingerprint density at radius 3 is 2.46 bits per heavy atom. The van der Waals surface area contributed by atoms with Gasteiger partial charge in [0.15, 0.2) is 0 Å². The zero-order valence-electron chi connectivity index (χ0n) is 14.0. The number of aromatic carboxylic acids is 1. The third-order valence-corrected chi connectivity index (χ3v) is 3.97. The number of halogens is 1. The van der Waals surface area contributed by atoms with Gasteiger partial charge in [0.2, 0.25) is 0 Å². The minimum atomic E-state index is -1.05. The van der Waals surface area contributed by atoms with E-state index in [0.29, 0.717) is 22.0 Å². The number of carboxylic acid groups (broad SMARTS) is 1. The number of nitriles is 1. The minimum Gasteiger partial charge on any atom is -0.495 e. The molecule has 0 fully saturated rings. The lowest BCUT2D eigenvalue weighted by atomic mass is 10.1. The maximum absolute atomic E-state index is 12.4. The van der Waals surface area contributed by atoms with Gasteiger partial charge in [-0.25, -0.2) is 4.79 Å². The van der Waals surface area contributed by atoms with E-state index in [-0.39, 0.29) is 11.1 Å². The largest absolute Gasteiger partial charge is 0.495 e. The number of aryl methyl sites for hydroxylation is 1. The molecule has 2 aromatic carbocycles. The number of carboxylic acids is 1. The van der Waals surface area contributed by atoms with Crippen LogP contribution >= 0.6 is 11.6 Å². The highest BCUT2D eigenvalue weighted by Crippen LogP contribution is 2.31. The summed E-state index contributed by atoms with van der Waals surface area (Å²) in [5, 5.41) is 21.3. The molecule has 0 radical (unpaired) electrons. The van der Waals surface area contributed by atoms with Gasteiger partial charge in [0.1, 0.15) is 17.4 Å². The normalized spacial score (nSPS) is 10.8. The van der Waals surface area contributed by atoms with Crippen molar-refractivity contribution in [1.82, 2.24) is 0 Å². The molecule has 7 heteroatoms. The predicted molar refractivity (Wildman–Crippen MR) is 98.4 cm³/mol. The first kappa shape index (κ1) is 19.0. The maximum Gasteiger partial charge on any atom is 0.335 e. The van der Waals surface area contributed by atoms with Crippen LogP contribution in [0.4, 0.5) is 5.69 Å². The van der Waals surface area contributed by atoms with Crippen molar-refractivity contribution in [1.29, 1.82) is 5.26 Å². The molecule has 6 nitrogen and oxygen atoms in total. The van der Waals surface area contributed by atoms with E-state index in [4.69, 9.17) is 21.4 Å². The van der Waals surface area contributed by atoms with Crippen LogP contribution < -0.4 is 10.1 Å². The van der Waals surface area contributed by atoms with Crippen molar-refractivity contribution in [2.24, 2.45) is 0 Å². The van der Waals surface area contributed by atoms with Crippen molar-refractivity contribution in [2.75, 3.05) is 12.4 Å². The Morgan fingerprint density at radius 2 is 1.92 bits per heavy atom. The quantitative estimate of drug-likeness (QED) is 0.614. The van der Waals surface area contributed by atoms with Gasteiger partial charge >= 0.3 is 5.97 Å². The van der Waals surface area contributed by atoms with E-state index in [9.17, 15) is 14.9 Å². The van der Waals surface area contributed by atoms with Gasteiger partial charge in [-0.1, -0.05) is 23.7 Å². The molecule has 0 unspecified atom stereocenters. The van der Waals surface area contributed by atoms with E-state index in [1.165, 1.54) is 37.5 Å². The van der Waals surface area contributed by atoms with Gasteiger partial charge in [-0.3, -0.25) is 4.79 Å². The fourth-order valence-corrected chi connectivity index (χ4v) is 2.31. The fraction of sp³-hybridized carbons (Fsp3) is 0.105. The SMILES string of the molecule is COc1cc(Cl)c(C)cc1NC(=O)/C(C#N)=C\c1ccc(C(=O)O)cc1. The number of anilines is 1. The van der Waals surface area contributed by atoms with Crippen molar-refractivity contribution >= 4 is 35.2 Å². The van der Waals surface area contributed by atoms with E-state index in [2.05, 4.69) is 5.32 Å². The summed E-state index contributed by atoms with van der Waals surface area (Å²) in [4.78, 5) is 23.3. The van der Waals surface area contributed by atoms with Crippen LogP contribution in [0.1, 0.15) is 21.5 Å². The summed E-state index contributed by atoms with van der Waals surface area (Å²) in [5.74, 6) is -1.30. The summed E-state index contributed by atoms with van der Waals surface area (Å²) in [6, 6.07) is 10.9. The Hall–Kier alpha value is -3.30. The van der Waals surface area contributed by atoms with Gasteiger partial charge in [-0.15, -0.1) is 0 Å². The lowest BCUT2D eigenvalue weighted by molar-refractivity contribution is -0.112. The van der Waals surface area contributed by atoms with E-state index in [0.717, 1.165) is 5.56 Å². The zero-order valence-corrected chi connectivity index (χ0v) is 14.8. The molecule has 0 saturated carbocycles. The number of hydrogen-bond donors (Lipinski definition) is 2. The number of methoxy groups -OCH3 is 1. The number of carbonyl (C=O) groups excluding carboxylic acids is 1. The third-order valence-electron chi connectivity index (χ3n) is 3.56. The van der Waals surface area contributed by atoms with E-state index in [1.807, 2.05) is 6.07 Å². The number of rotatable bonds is 5. The molecule has 0 aliphatic rings. The van der Waals surface area contributed by atoms with Crippen LogP contribution in [0.3, 0.4) is 0 Å². The number of nitrogens with zero attached hydrogens (tertiary/aromatic N) is 1. The summed E-state index contributed by atoms with van der Waals surface area (Å²) < 4.78 is 5.19. The number of benzene rings is 2. The van der Waals surface area contributed by atoms with Crippen LogP contribution in [0.15, 0.2) is 42.0 Å². The lowest BCUT2D eigenvalue weighted by Crippen LogP contribution is -2.14. The first-order chi connectivity index (χ1) is 12.3. The number of amides is 1. The standard InChI is InChI=1S/C19H15ClN2O4/c1-11-7-16(17(26-2)9-15(11)20)22-18(23)14(10-21)8-12-3-5-13(6-4-12)19(24)25/h3-9H,1-2H3,(H,22,23)(H,24,25)/b14-8-. The first-order valence-electron chi connectivity index (χ1n) is 7.46. The van der Waals surface area contributed by atoms with Gasteiger partial charge in [0.05, 0.1) is 18.4 Å². The van der Waals surface area contributed by atoms with Gasteiger partial charge in [-0.2, -0.15) is 5.26 Å². The molecule has 2 aromatic rings. The smallest absolute Gasteiger partial charge is 0.335 e. The maximum atomic E-state index is 12.4. The van der Waals surface area contributed by atoms with Gasteiger partial charge in [0, 0.05) is 11.1 Å². The molecule has 0 aliphatic heterocycles. The molecule has 0 aromatic heterocycles. The first-order valence-corrected chi connectivity index (χ1v) is 7.84. The molecule has 2 rings (SSSR count). The van der Waals surface area contributed by atoms with E-state index >= 15 is 0 Å².